The van der Waals surface area contributed by atoms with E-state index in [9.17, 15) is 0 Å². The van der Waals surface area contributed by atoms with Crippen LogP contribution < -0.4 is 14.4 Å². The molecule has 1 aliphatic heterocycles. The maximum Gasteiger partial charge on any atom is 0.218 e. The number of benzene rings is 2. The van der Waals surface area contributed by atoms with Crippen LogP contribution in [0.25, 0.3) is 0 Å². The number of methoxy groups -OCH3 is 1. The van der Waals surface area contributed by atoms with E-state index in [2.05, 4.69) is 23.6 Å². The van der Waals surface area contributed by atoms with Crippen LogP contribution in [0.4, 0.5) is 5.69 Å². The SMILES string of the molecule is COc1ccccc1CN1c2ccccc2OC1S. The maximum atomic E-state index is 5.71. The standard InChI is InChI=1S/C15H15NO2S/c1-17-13-8-4-2-6-11(13)10-16-12-7-3-5-9-14(12)18-15(16)19/h2-9,15,19H,10H2,1H3. The minimum Gasteiger partial charge on any atom is -0.496 e. The Hall–Kier alpha value is -1.81. The predicted octanol–water partition coefficient (Wildman–Crippen LogP) is 3.31. The molecule has 98 valence electrons. The smallest absolute Gasteiger partial charge is 0.218 e. The Balaban J connectivity index is 1.91. The fourth-order valence-corrected chi connectivity index (χ4v) is 2.59. The number of rotatable bonds is 3. The molecule has 2 aromatic rings. The summed E-state index contributed by atoms with van der Waals surface area (Å²) in [6.07, 6.45) is 0. The molecule has 3 rings (SSSR count). The molecule has 0 fully saturated rings. The van der Waals surface area contributed by atoms with Crippen molar-refractivity contribution < 1.29 is 9.47 Å². The van der Waals surface area contributed by atoms with Crippen LogP contribution in [0.15, 0.2) is 48.5 Å². The van der Waals surface area contributed by atoms with E-state index in [0.29, 0.717) is 6.54 Å². The van der Waals surface area contributed by atoms with Crippen LogP contribution in [0.5, 0.6) is 11.5 Å². The average Bonchev–Trinajstić information content (AvgIpc) is 2.76. The van der Waals surface area contributed by atoms with Gasteiger partial charge in [-0.25, -0.2) is 0 Å². The van der Waals surface area contributed by atoms with Crippen molar-refractivity contribution in [3.05, 3.63) is 54.1 Å². The first-order valence-electron chi connectivity index (χ1n) is 6.12. The number of nitrogens with zero attached hydrogens (tertiary/aromatic N) is 1. The normalized spacial score (nSPS) is 16.9. The van der Waals surface area contributed by atoms with Crippen molar-refractivity contribution >= 4 is 18.3 Å². The third-order valence-electron chi connectivity index (χ3n) is 3.21. The minimum absolute atomic E-state index is 0.262. The molecule has 1 heterocycles. The number of hydrogen-bond acceptors (Lipinski definition) is 4. The second-order valence-corrected chi connectivity index (χ2v) is 4.79. The fourth-order valence-electron chi connectivity index (χ4n) is 2.27. The minimum atomic E-state index is -0.262. The van der Waals surface area contributed by atoms with Crippen LogP contribution in [0.2, 0.25) is 0 Å². The molecule has 0 radical (unpaired) electrons. The molecular weight excluding hydrogens is 258 g/mol. The van der Waals surface area contributed by atoms with Crippen LogP contribution in [0.1, 0.15) is 5.56 Å². The highest BCUT2D eigenvalue weighted by Gasteiger charge is 2.28. The van der Waals surface area contributed by atoms with Gasteiger partial charge in [0.2, 0.25) is 5.56 Å². The summed E-state index contributed by atoms with van der Waals surface area (Å²) in [7, 11) is 1.69. The summed E-state index contributed by atoms with van der Waals surface area (Å²) in [5.41, 5.74) is 1.92. The number of anilines is 1. The van der Waals surface area contributed by atoms with Gasteiger partial charge in [0.15, 0.2) is 0 Å². The van der Waals surface area contributed by atoms with Crippen LogP contribution in [-0.2, 0) is 6.54 Å². The molecule has 0 amide bonds. The van der Waals surface area contributed by atoms with Gasteiger partial charge in [-0.2, -0.15) is 0 Å². The van der Waals surface area contributed by atoms with Crippen molar-refractivity contribution in [3.63, 3.8) is 0 Å². The molecular formula is C15H15NO2S. The monoisotopic (exact) mass is 273 g/mol. The predicted molar refractivity (Wildman–Crippen MR) is 79.0 cm³/mol. The molecule has 0 saturated carbocycles. The third-order valence-corrected chi connectivity index (χ3v) is 3.59. The average molecular weight is 273 g/mol. The molecule has 0 aromatic heterocycles. The molecule has 1 unspecified atom stereocenters. The second-order valence-electron chi connectivity index (χ2n) is 4.35. The highest BCUT2D eigenvalue weighted by molar-refractivity contribution is 7.80. The summed E-state index contributed by atoms with van der Waals surface area (Å²) in [6, 6.07) is 16.0. The Morgan fingerprint density at radius 3 is 2.74 bits per heavy atom. The van der Waals surface area contributed by atoms with Crippen LogP contribution in [0, 0.1) is 0 Å². The van der Waals surface area contributed by atoms with E-state index in [1.165, 1.54) is 0 Å². The molecule has 0 aliphatic carbocycles. The number of para-hydroxylation sites is 3. The van der Waals surface area contributed by atoms with Gasteiger partial charge < -0.3 is 14.4 Å². The van der Waals surface area contributed by atoms with Crippen molar-refractivity contribution in [1.82, 2.24) is 0 Å². The first kappa shape index (κ1) is 12.2. The van der Waals surface area contributed by atoms with Gasteiger partial charge in [0.25, 0.3) is 0 Å². The Morgan fingerprint density at radius 1 is 1.16 bits per heavy atom. The van der Waals surface area contributed by atoms with Gasteiger partial charge in [-0.1, -0.05) is 30.3 Å². The largest absolute Gasteiger partial charge is 0.496 e. The van der Waals surface area contributed by atoms with Crippen LogP contribution in [0.3, 0.4) is 0 Å². The lowest BCUT2D eigenvalue weighted by atomic mass is 10.2. The maximum absolute atomic E-state index is 5.71. The Labute approximate surface area is 118 Å². The number of ether oxygens (including phenoxy) is 2. The van der Waals surface area contributed by atoms with E-state index >= 15 is 0 Å². The van der Waals surface area contributed by atoms with E-state index in [1.54, 1.807) is 7.11 Å². The second kappa shape index (κ2) is 5.05. The van der Waals surface area contributed by atoms with Crippen molar-refractivity contribution in [2.45, 2.75) is 12.1 Å². The number of hydrogen-bond donors (Lipinski definition) is 1. The highest BCUT2D eigenvalue weighted by atomic mass is 32.1. The lowest BCUT2D eigenvalue weighted by molar-refractivity contribution is 0.313. The molecule has 1 aliphatic rings. The Kier molecular flexibility index (Phi) is 3.25. The molecule has 0 saturated heterocycles. The molecule has 2 aromatic carbocycles. The first-order valence-corrected chi connectivity index (χ1v) is 6.63. The van der Waals surface area contributed by atoms with Gasteiger partial charge >= 0.3 is 0 Å². The van der Waals surface area contributed by atoms with Crippen LogP contribution >= 0.6 is 12.6 Å². The van der Waals surface area contributed by atoms with E-state index in [4.69, 9.17) is 9.47 Å². The Morgan fingerprint density at radius 2 is 1.89 bits per heavy atom. The summed E-state index contributed by atoms with van der Waals surface area (Å²) in [5.74, 6) is 1.75. The third kappa shape index (κ3) is 2.24. The van der Waals surface area contributed by atoms with Crippen LogP contribution in [-0.4, -0.2) is 12.7 Å². The molecule has 4 heteroatoms. The van der Waals surface area contributed by atoms with E-state index < -0.39 is 0 Å². The zero-order chi connectivity index (χ0) is 13.2. The summed E-state index contributed by atoms with van der Waals surface area (Å²) in [6.45, 7) is 0.704. The summed E-state index contributed by atoms with van der Waals surface area (Å²) in [5, 5.41) is 0. The van der Waals surface area contributed by atoms with Crippen molar-refractivity contribution in [3.8, 4) is 11.5 Å². The molecule has 0 bridgehead atoms. The van der Waals surface area contributed by atoms with Gasteiger partial charge in [0, 0.05) is 5.56 Å². The van der Waals surface area contributed by atoms with Crippen molar-refractivity contribution in [2.75, 3.05) is 12.0 Å². The lowest BCUT2D eigenvalue weighted by Crippen LogP contribution is -2.29. The fraction of sp³-hybridized carbons (Fsp3) is 0.200. The summed E-state index contributed by atoms with van der Waals surface area (Å²) >= 11 is 4.49. The van der Waals surface area contributed by atoms with Crippen molar-refractivity contribution in [1.29, 1.82) is 0 Å². The molecule has 19 heavy (non-hydrogen) atoms. The highest BCUT2D eigenvalue weighted by Crippen LogP contribution is 2.39. The zero-order valence-corrected chi connectivity index (χ0v) is 11.5. The molecule has 0 spiro atoms. The summed E-state index contributed by atoms with van der Waals surface area (Å²) in [4.78, 5) is 2.11. The van der Waals surface area contributed by atoms with E-state index in [1.807, 2.05) is 42.5 Å². The van der Waals surface area contributed by atoms with E-state index in [-0.39, 0.29) is 5.56 Å². The molecule has 1 atom stereocenters. The van der Waals surface area contributed by atoms with Gasteiger partial charge in [-0.05, 0) is 18.2 Å². The summed E-state index contributed by atoms with van der Waals surface area (Å²) < 4.78 is 11.1. The van der Waals surface area contributed by atoms with Gasteiger partial charge in [-0.3, -0.25) is 0 Å². The quantitative estimate of drug-likeness (QED) is 0.867. The van der Waals surface area contributed by atoms with Gasteiger partial charge in [0.05, 0.1) is 19.3 Å². The molecule has 0 N–H and O–H groups in total. The van der Waals surface area contributed by atoms with Crippen molar-refractivity contribution in [2.24, 2.45) is 0 Å². The topological polar surface area (TPSA) is 21.7 Å². The number of fused-ring (bicyclic) bond motifs is 1. The van der Waals surface area contributed by atoms with E-state index in [0.717, 1.165) is 22.7 Å². The molecule has 3 nitrogen and oxygen atoms in total. The van der Waals surface area contributed by atoms with Gasteiger partial charge in [0.1, 0.15) is 11.5 Å². The Bertz CT molecular complexity index is 588. The first-order chi connectivity index (χ1) is 9.29. The van der Waals surface area contributed by atoms with Gasteiger partial charge in [-0.15, -0.1) is 12.6 Å². The zero-order valence-electron chi connectivity index (χ0n) is 10.6. The number of thiol groups is 1. The lowest BCUT2D eigenvalue weighted by Gasteiger charge is -2.22.